The third-order valence-electron chi connectivity index (χ3n) is 4.69. The number of guanidine groups is 1. The van der Waals surface area contributed by atoms with E-state index in [-0.39, 0.29) is 0 Å². The fourth-order valence-corrected chi connectivity index (χ4v) is 3.17. The van der Waals surface area contributed by atoms with Gasteiger partial charge in [-0.15, -0.1) is 0 Å². The Hall–Kier alpha value is -2.31. The van der Waals surface area contributed by atoms with Crippen LogP contribution in [0.4, 0.5) is 0 Å². The van der Waals surface area contributed by atoms with Crippen molar-refractivity contribution < 1.29 is 0 Å². The van der Waals surface area contributed by atoms with Crippen molar-refractivity contribution in [2.75, 3.05) is 20.1 Å². The molecule has 7 heteroatoms. The first kappa shape index (κ1) is 15.6. The molecule has 1 saturated heterocycles. The van der Waals surface area contributed by atoms with Gasteiger partial charge >= 0.3 is 0 Å². The topological polar surface area (TPSA) is 63.3 Å². The first-order chi connectivity index (χ1) is 11.2. The molecule has 2 atom stereocenters. The molecular formula is C16H25N7. The minimum Gasteiger partial charge on any atom is -0.351 e. The highest BCUT2D eigenvalue weighted by Gasteiger charge is 2.28. The van der Waals surface area contributed by atoms with Crippen LogP contribution < -0.4 is 5.32 Å². The van der Waals surface area contributed by atoms with E-state index in [1.807, 2.05) is 43.6 Å². The van der Waals surface area contributed by atoms with Gasteiger partial charge in [0.25, 0.3) is 0 Å². The molecule has 0 aromatic carbocycles. The van der Waals surface area contributed by atoms with Gasteiger partial charge in [-0.25, -0.2) is 4.98 Å². The Kier molecular flexibility index (Phi) is 4.64. The van der Waals surface area contributed by atoms with Gasteiger partial charge in [0.2, 0.25) is 0 Å². The molecule has 1 aliphatic heterocycles. The number of aryl methyl sites for hydroxylation is 1. The second-order valence-corrected chi connectivity index (χ2v) is 6.14. The molecule has 1 aliphatic rings. The van der Waals surface area contributed by atoms with Crippen LogP contribution >= 0.6 is 0 Å². The molecule has 2 unspecified atom stereocenters. The molecular weight excluding hydrogens is 290 g/mol. The summed E-state index contributed by atoms with van der Waals surface area (Å²) in [4.78, 5) is 11.0. The maximum atomic E-state index is 4.46. The molecule has 0 saturated carbocycles. The number of piperidine rings is 1. The summed E-state index contributed by atoms with van der Waals surface area (Å²) < 4.78 is 4.10. The highest BCUT2D eigenvalue weighted by molar-refractivity contribution is 5.80. The number of likely N-dealkylation sites (tertiary alicyclic amines) is 1. The van der Waals surface area contributed by atoms with Gasteiger partial charge < -0.3 is 14.8 Å². The minimum absolute atomic E-state index is 0.432. The molecule has 2 aromatic rings. The number of hydrogen-bond acceptors (Lipinski definition) is 3. The second-order valence-electron chi connectivity index (χ2n) is 6.14. The molecule has 7 nitrogen and oxygen atoms in total. The summed E-state index contributed by atoms with van der Waals surface area (Å²) in [5.74, 6) is 1.58. The van der Waals surface area contributed by atoms with Crippen LogP contribution in [0.1, 0.15) is 25.1 Å². The summed E-state index contributed by atoms with van der Waals surface area (Å²) >= 11 is 0. The summed E-state index contributed by atoms with van der Waals surface area (Å²) in [6, 6.07) is 2.45. The maximum Gasteiger partial charge on any atom is 0.194 e. The van der Waals surface area contributed by atoms with Crippen molar-refractivity contribution in [1.82, 2.24) is 29.5 Å². The highest BCUT2D eigenvalue weighted by Crippen LogP contribution is 2.27. The van der Waals surface area contributed by atoms with Gasteiger partial charge in [-0.3, -0.25) is 9.67 Å². The Bertz CT molecular complexity index is 643. The Balaban J connectivity index is 1.65. The fourth-order valence-electron chi connectivity index (χ4n) is 3.17. The van der Waals surface area contributed by atoms with Crippen molar-refractivity contribution in [3.8, 4) is 0 Å². The molecule has 2 aromatic heterocycles. The van der Waals surface area contributed by atoms with Crippen molar-refractivity contribution in [2.24, 2.45) is 18.0 Å². The first-order valence-corrected chi connectivity index (χ1v) is 8.09. The molecule has 0 bridgehead atoms. The number of nitrogens with one attached hydrogen (secondary N) is 1. The van der Waals surface area contributed by atoms with E-state index in [4.69, 9.17) is 0 Å². The van der Waals surface area contributed by atoms with Crippen LogP contribution in [0.3, 0.4) is 0 Å². The quantitative estimate of drug-likeness (QED) is 0.684. The van der Waals surface area contributed by atoms with Crippen molar-refractivity contribution in [1.29, 1.82) is 0 Å². The molecule has 0 radical (unpaired) electrons. The van der Waals surface area contributed by atoms with Gasteiger partial charge in [-0.2, -0.15) is 5.10 Å². The van der Waals surface area contributed by atoms with Gasteiger partial charge in [0, 0.05) is 45.8 Å². The molecule has 3 rings (SSSR count). The van der Waals surface area contributed by atoms with Gasteiger partial charge in [0.15, 0.2) is 5.96 Å². The zero-order chi connectivity index (χ0) is 16.2. The number of aliphatic imine (C=N–C) groups is 1. The van der Waals surface area contributed by atoms with Crippen LogP contribution in [0.5, 0.6) is 0 Å². The normalized spacial score (nSPS) is 22.4. The summed E-state index contributed by atoms with van der Waals surface area (Å²) in [6.07, 6.45) is 8.78. The van der Waals surface area contributed by atoms with E-state index in [1.54, 1.807) is 0 Å². The van der Waals surface area contributed by atoms with Gasteiger partial charge in [-0.05, 0) is 18.4 Å². The summed E-state index contributed by atoms with van der Waals surface area (Å²) in [7, 11) is 3.80. The van der Waals surface area contributed by atoms with E-state index in [0.29, 0.717) is 12.0 Å². The van der Waals surface area contributed by atoms with Crippen molar-refractivity contribution in [3.05, 3.63) is 36.7 Å². The van der Waals surface area contributed by atoms with E-state index in [0.717, 1.165) is 37.7 Å². The molecule has 1 fully saturated rings. The molecule has 0 aliphatic carbocycles. The monoisotopic (exact) mass is 315 g/mol. The van der Waals surface area contributed by atoms with Crippen LogP contribution in [0.2, 0.25) is 0 Å². The van der Waals surface area contributed by atoms with Gasteiger partial charge in [0.1, 0.15) is 0 Å². The SMILES string of the molecule is CN=C(NCc1ccnn1C)N1CCC(C)C(n2ccnc2)C1. The van der Waals surface area contributed by atoms with Crippen molar-refractivity contribution in [2.45, 2.75) is 25.9 Å². The lowest BCUT2D eigenvalue weighted by molar-refractivity contribution is 0.189. The van der Waals surface area contributed by atoms with Gasteiger partial charge in [0.05, 0.1) is 24.6 Å². The Morgan fingerprint density at radius 1 is 1.43 bits per heavy atom. The smallest absolute Gasteiger partial charge is 0.194 e. The molecule has 1 N–H and O–H groups in total. The lowest BCUT2D eigenvalue weighted by Crippen LogP contribution is -2.48. The van der Waals surface area contributed by atoms with Crippen LogP contribution in [-0.4, -0.2) is 50.3 Å². The Morgan fingerprint density at radius 3 is 2.96 bits per heavy atom. The Labute approximate surface area is 137 Å². The maximum absolute atomic E-state index is 4.46. The molecule has 0 amide bonds. The van der Waals surface area contributed by atoms with Crippen LogP contribution in [0.15, 0.2) is 36.0 Å². The summed E-state index contributed by atoms with van der Waals surface area (Å²) in [6.45, 7) is 5.01. The van der Waals surface area contributed by atoms with E-state index in [9.17, 15) is 0 Å². The van der Waals surface area contributed by atoms with Gasteiger partial charge in [-0.1, -0.05) is 6.92 Å². The minimum atomic E-state index is 0.432. The van der Waals surface area contributed by atoms with Crippen LogP contribution in [0.25, 0.3) is 0 Å². The average Bonchev–Trinajstić information content (AvgIpc) is 3.21. The highest BCUT2D eigenvalue weighted by atomic mass is 15.3. The average molecular weight is 315 g/mol. The predicted molar refractivity (Wildman–Crippen MR) is 90.0 cm³/mol. The number of imidazole rings is 1. The molecule has 0 spiro atoms. The third-order valence-corrected chi connectivity index (χ3v) is 4.69. The summed E-state index contributed by atoms with van der Waals surface area (Å²) in [5.41, 5.74) is 1.14. The summed E-state index contributed by atoms with van der Waals surface area (Å²) in [5, 5.41) is 7.65. The van der Waals surface area contributed by atoms with Crippen LogP contribution in [0, 0.1) is 5.92 Å². The first-order valence-electron chi connectivity index (χ1n) is 8.09. The van der Waals surface area contributed by atoms with E-state index in [1.165, 1.54) is 0 Å². The molecule has 3 heterocycles. The number of aromatic nitrogens is 4. The molecule has 23 heavy (non-hydrogen) atoms. The fraction of sp³-hybridized carbons (Fsp3) is 0.562. The van der Waals surface area contributed by atoms with Crippen molar-refractivity contribution in [3.63, 3.8) is 0 Å². The van der Waals surface area contributed by atoms with E-state index in [2.05, 4.69) is 43.0 Å². The third kappa shape index (κ3) is 3.38. The number of hydrogen-bond donors (Lipinski definition) is 1. The standard InChI is InChI=1S/C16H25N7/c1-13-5-8-22(11-15(13)23-9-7-18-12-23)16(17-2)19-10-14-4-6-20-21(14)3/h4,6-7,9,12-13,15H,5,8,10-11H2,1-3H3,(H,17,19). The largest absolute Gasteiger partial charge is 0.351 e. The van der Waals surface area contributed by atoms with Crippen molar-refractivity contribution >= 4 is 5.96 Å². The second kappa shape index (κ2) is 6.85. The predicted octanol–water partition coefficient (Wildman–Crippen LogP) is 1.28. The lowest BCUT2D eigenvalue weighted by Gasteiger charge is -2.39. The number of rotatable bonds is 3. The lowest BCUT2D eigenvalue weighted by atomic mass is 9.93. The number of nitrogens with zero attached hydrogens (tertiary/aromatic N) is 6. The zero-order valence-electron chi connectivity index (χ0n) is 14.1. The van der Waals surface area contributed by atoms with Crippen LogP contribution in [-0.2, 0) is 13.6 Å². The molecule has 124 valence electrons. The van der Waals surface area contributed by atoms with E-state index >= 15 is 0 Å². The van der Waals surface area contributed by atoms with E-state index < -0.39 is 0 Å². The zero-order valence-corrected chi connectivity index (χ0v) is 14.1. The Morgan fingerprint density at radius 2 is 2.30 bits per heavy atom.